The Morgan fingerprint density at radius 1 is 1.26 bits per heavy atom. The van der Waals surface area contributed by atoms with Crippen molar-refractivity contribution in [2.75, 3.05) is 11.9 Å². The van der Waals surface area contributed by atoms with Crippen LogP contribution in [0.1, 0.15) is 11.7 Å². The molecule has 2 nitrogen and oxygen atoms in total. The number of halogens is 3. The van der Waals surface area contributed by atoms with Crippen LogP contribution >= 0.6 is 27.5 Å². The second-order valence-corrected chi connectivity index (χ2v) is 5.62. The van der Waals surface area contributed by atoms with E-state index in [0.717, 1.165) is 15.7 Å². The third kappa shape index (κ3) is 2.55. The van der Waals surface area contributed by atoms with Crippen LogP contribution in [0.5, 0.6) is 5.75 Å². The first-order valence-electron chi connectivity index (χ1n) is 5.78. The molecule has 1 aliphatic rings. The normalized spacial score (nSPS) is 17.3. The van der Waals surface area contributed by atoms with E-state index in [1.54, 1.807) is 6.07 Å². The van der Waals surface area contributed by atoms with Crippen LogP contribution < -0.4 is 10.1 Å². The molecule has 19 heavy (non-hydrogen) atoms. The second kappa shape index (κ2) is 5.02. The fourth-order valence-electron chi connectivity index (χ4n) is 2.03. The maximum absolute atomic E-state index is 13.4. The lowest BCUT2D eigenvalue weighted by Crippen LogP contribution is -2.23. The third-order valence-electron chi connectivity index (χ3n) is 3.01. The van der Waals surface area contributed by atoms with E-state index in [1.807, 2.05) is 24.3 Å². The SMILES string of the molecule is Fc1cc2c(cc1Cl)NCC(c1ccc(Br)cc1)O2. The van der Waals surface area contributed by atoms with Crippen LogP contribution in [0.4, 0.5) is 10.1 Å². The summed E-state index contributed by atoms with van der Waals surface area (Å²) < 4.78 is 20.3. The van der Waals surface area contributed by atoms with Gasteiger partial charge in [-0.1, -0.05) is 39.7 Å². The zero-order valence-electron chi connectivity index (χ0n) is 9.79. The van der Waals surface area contributed by atoms with Crippen molar-refractivity contribution < 1.29 is 9.13 Å². The summed E-state index contributed by atoms with van der Waals surface area (Å²) in [4.78, 5) is 0. The molecule has 0 amide bonds. The molecule has 1 heterocycles. The Morgan fingerprint density at radius 3 is 2.74 bits per heavy atom. The van der Waals surface area contributed by atoms with Gasteiger partial charge in [-0.15, -0.1) is 0 Å². The Hall–Kier alpha value is -1.26. The van der Waals surface area contributed by atoms with Crippen molar-refractivity contribution in [3.63, 3.8) is 0 Å². The minimum absolute atomic E-state index is 0.0944. The molecule has 0 spiro atoms. The highest BCUT2D eigenvalue weighted by Gasteiger charge is 2.22. The molecule has 0 aliphatic carbocycles. The Bertz CT molecular complexity index is 618. The van der Waals surface area contributed by atoms with Crippen LogP contribution in [0.2, 0.25) is 5.02 Å². The quantitative estimate of drug-likeness (QED) is 0.805. The van der Waals surface area contributed by atoms with Crippen LogP contribution in [0.15, 0.2) is 40.9 Å². The number of hydrogen-bond acceptors (Lipinski definition) is 2. The van der Waals surface area contributed by atoms with Gasteiger partial charge < -0.3 is 10.1 Å². The molecule has 3 rings (SSSR count). The summed E-state index contributed by atoms with van der Waals surface area (Å²) in [5, 5.41) is 3.30. The Balaban J connectivity index is 1.89. The lowest BCUT2D eigenvalue weighted by atomic mass is 10.1. The van der Waals surface area contributed by atoms with Gasteiger partial charge in [0, 0.05) is 10.5 Å². The number of anilines is 1. The summed E-state index contributed by atoms with van der Waals surface area (Å²) in [5.74, 6) is 0.0136. The first-order chi connectivity index (χ1) is 9.13. The molecule has 98 valence electrons. The zero-order chi connectivity index (χ0) is 13.4. The molecular weight excluding hydrogens is 333 g/mol. The van der Waals surface area contributed by atoms with Crippen molar-refractivity contribution in [2.45, 2.75) is 6.10 Å². The Labute approximate surface area is 123 Å². The predicted octanol–water partition coefficient (Wildman–Crippen LogP) is 4.79. The molecular formula is C14H10BrClFNO. The van der Waals surface area contributed by atoms with Crippen molar-refractivity contribution in [1.29, 1.82) is 0 Å². The Kier molecular flexibility index (Phi) is 3.37. The van der Waals surface area contributed by atoms with E-state index in [4.69, 9.17) is 16.3 Å². The molecule has 5 heteroatoms. The van der Waals surface area contributed by atoms with Crippen LogP contribution in [-0.2, 0) is 0 Å². The highest BCUT2D eigenvalue weighted by atomic mass is 79.9. The van der Waals surface area contributed by atoms with Gasteiger partial charge in [0.1, 0.15) is 17.7 Å². The van der Waals surface area contributed by atoms with Crippen molar-refractivity contribution in [3.05, 3.63) is 57.3 Å². The Morgan fingerprint density at radius 2 is 2.00 bits per heavy atom. The summed E-state index contributed by atoms with van der Waals surface area (Å²) >= 11 is 9.13. The summed E-state index contributed by atoms with van der Waals surface area (Å²) in [5.41, 5.74) is 1.76. The lowest BCUT2D eigenvalue weighted by molar-refractivity contribution is 0.209. The second-order valence-electron chi connectivity index (χ2n) is 4.30. The van der Waals surface area contributed by atoms with Crippen molar-refractivity contribution >= 4 is 33.2 Å². The van der Waals surface area contributed by atoms with Crippen LogP contribution in [0.25, 0.3) is 0 Å². The molecule has 0 radical (unpaired) electrons. The number of hydrogen-bond donors (Lipinski definition) is 1. The van der Waals surface area contributed by atoms with Crippen LogP contribution in [-0.4, -0.2) is 6.54 Å². The molecule has 1 atom stereocenters. The van der Waals surface area contributed by atoms with E-state index in [-0.39, 0.29) is 11.1 Å². The largest absolute Gasteiger partial charge is 0.482 e. The van der Waals surface area contributed by atoms with Gasteiger partial charge in [0.05, 0.1) is 17.3 Å². The minimum Gasteiger partial charge on any atom is -0.482 e. The van der Waals surface area contributed by atoms with E-state index in [9.17, 15) is 4.39 Å². The van der Waals surface area contributed by atoms with Crippen molar-refractivity contribution in [2.24, 2.45) is 0 Å². The molecule has 0 aromatic heterocycles. The van der Waals surface area contributed by atoms with Crippen molar-refractivity contribution in [1.82, 2.24) is 0 Å². The van der Waals surface area contributed by atoms with Crippen LogP contribution in [0, 0.1) is 5.82 Å². The van der Waals surface area contributed by atoms with Crippen molar-refractivity contribution in [3.8, 4) is 5.75 Å². The lowest BCUT2D eigenvalue weighted by Gasteiger charge is -2.28. The summed E-state index contributed by atoms with van der Waals surface area (Å²) in [6.45, 7) is 0.622. The van der Waals surface area contributed by atoms with Gasteiger partial charge in [0.25, 0.3) is 0 Å². The van der Waals surface area contributed by atoms with Gasteiger partial charge in [0.15, 0.2) is 0 Å². The van der Waals surface area contributed by atoms with Gasteiger partial charge in [-0.05, 0) is 23.8 Å². The van der Waals surface area contributed by atoms with E-state index >= 15 is 0 Å². The van der Waals surface area contributed by atoms with Gasteiger partial charge in [-0.25, -0.2) is 4.39 Å². The summed E-state index contributed by atoms with van der Waals surface area (Å²) in [6, 6.07) is 10.7. The molecule has 2 aromatic carbocycles. The molecule has 1 unspecified atom stereocenters. The van der Waals surface area contributed by atoms with Gasteiger partial charge >= 0.3 is 0 Å². The number of rotatable bonds is 1. The smallest absolute Gasteiger partial charge is 0.146 e. The topological polar surface area (TPSA) is 21.3 Å². The maximum Gasteiger partial charge on any atom is 0.146 e. The van der Waals surface area contributed by atoms with Crippen LogP contribution in [0.3, 0.4) is 0 Å². The number of ether oxygens (including phenoxy) is 1. The first kappa shape index (κ1) is 12.8. The number of fused-ring (bicyclic) bond motifs is 1. The van der Waals surface area contributed by atoms with E-state index < -0.39 is 5.82 Å². The molecule has 0 saturated carbocycles. The van der Waals surface area contributed by atoms with Gasteiger partial charge in [-0.3, -0.25) is 0 Å². The fraction of sp³-hybridized carbons (Fsp3) is 0.143. The molecule has 2 aromatic rings. The molecule has 0 bridgehead atoms. The fourth-order valence-corrected chi connectivity index (χ4v) is 2.45. The number of nitrogens with one attached hydrogen (secondary N) is 1. The molecule has 1 aliphatic heterocycles. The monoisotopic (exact) mass is 341 g/mol. The third-order valence-corrected chi connectivity index (χ3v) is 3.83. The molecule has 1 N–H and O–H groups in total. The minimum atomic E-state index is -0.473. The maximum atomic E-state index is 13.4. The highest BCUT2D eigenvalue weighted by Crippen LogP contribution is 2.37. The first-order valence-corrected chi connectivity index (χ1v) is 6.95. The highest BCUT2D eigenvalue weighted by molar-refractivity contribution is 9.10. The standard InChI is InChI=1S/C14H10BrClFNO/c15-9-3-1-8(2-4-9)14-7-18-12-5-10(16)11(17)6-13(12)19-14/h1-6,14,18H,7H2. The number of benzene rings is 2. The summed E-state index contributed by atoms with van der Waals surface area (Å²) in [6.07, 6.45) is -0.138. The zero-order valence-corrected chi connectivity index (χ0v) is 12.1. The predicted molar refractivity (Wildman–Crippen MR) is 77.4 cm³/mol. The van der Waals surface area contributed by atoms with Gasteiger partial charge in [0.2, 0.25) is 0 Å². The summed E-state index contributed by atoms with van der Waals surface area (Å²) in [7, 11) is 0. The average molecular weight is 343 g/mol. The average Bonchev–Trinajstić information content (AvgIpc) is 2.40. The molecule has 0 saturated heterocycles. The van der Waals surface area contributed by atoms with E-state index in [2.05, 4.69) is 21.2 Å². The van der Waals surface area contributed by atoms with E-state index in [1.165, 1.54) is 6.07 Å². The van der Waals surface area contributed by atoms with Gasteiger partial charge in [-0.2, -0.15) is 0 Å². The molecule has 0 fully saturated rings. The van der Waals surface area contributed by atoms with E-state index in [0.29, 0.717) is 12.3 Å².